The second-order valence-corrected chi connectivity index (χ2v) is 13.8. The van der Waals surface area contributed by atoms with Crippen molar-refractivity contribution in [2.75, 3.05) is 26.2 Å². The molecule has 1 saturated carbocycles. The summed E-state index contributed by atoms with van der Waals surface area (Å²) in [5, 5.41) is 2.33. The number of carbonyl (C=O) groups is 4. The SMILES string of the molecule is CC(C)(C)OC(=O)N1CCC(OC2CC(N3CC[C@H](c4ccc5c(c4)C(=O)N(C4CCC(=O)NC4=O)C5)[C@H](F)C3)C2)CC1. The number of amides is 4. The van der Waals surface area contributed by atoms with Crippen molar-refractivity contribution in [1.82, 2.24) is 20.0 Å². The van der Waals surface area contributed by atoms with E-state index in [1.54, 1.807) is 4.90 Å². The predicted molar refractivity (Wildman–Crippen MR) is 155 cm³/mol. The molecule has 0 radical (unpaired) electrons. The van der Waals surface area contributed by atoms with Gasteiger partial charge in [-0.1, -0.05) is 12.1 Å². The van der Waals surface area contributed by atoms with Crippen LogP contribution in [0.4, 0.5) is 9.18 Å². The molecule has 0 aromatic heterocycles. The smallest absolute Gasteiger partial charge is 0.410 e. The standard InChI is InChI=1S/C32H43FN4O6/c1-32(2,3)43-31(41)35-11-8-22(9-12-35)42-23-15-21(16-23)36-13-10-24(26(33)18-36)19-4-5-20-17-37(30(40)25(20)14-19)27-6-7-28(38)34-29(27)39/h4-5,14,21-24,26-27H,6-13,15-18H2,1-3H3,(H,34,38,39)/t21?,23?,24-,26-,27?/m1/s1. The topological polar surface area (TPSA) is 108 Å². The Labute approximate surface area is 252 Å². The minimum Gasteiger partial charge on any atom is -0.444 e. The maximum atomic E-state index is 15.6. The molecule has 4 amide bonds. The molecule has 0 spiro atoms. The molecule has 5 aliphatic rings. The molecule has 234 valence electrons. The van der Waals surface area contributed by atoms with Crippen molar-refractivity contribution in [3.63, 3.8) is 0 Å². The van der Waals surface area contributed by atoms with E-state index in [2.05, 4.69) is 10.2 Å². The molecule has 43 heavy (non-hydrogen) atoms. The molecule has 1 unspecified atom stereocenters. The molecule has 3 saturated heterocycles. The van der Waals surface area contributed by atoms with E-state index in [1.807, 2.05) is 39.0 Å². The first-order chi connectivity index (χ1) is 20.4. The zero-order valence-electron chi connectivity index (χ0n) is 25.4. The van der Waals surface area contributed by atoms with E-state index in [9.17, 15) is 19.2 Å². The summed E-state index contributed by atoms with van der Waals surface area (Å²) in [6.07, 6.45) is 3.62. The number of likely N-dealkylation sites (tertiary alicyclic amines) is 2. The second kappa shape index (κ2) is 11.8. The fourth-order valence-electron chi connectivity index (χ4n) is 7.16. The fraction of sp³-hybridized carbons (Fsp3) is 0.688. The Kier molecular flexibility index (Phi) is 8.23. The van der Waals surface area contributed by atoms with E-state index in [0.29, 0.717) is 50.6 Å². The Bertz CT molecular complexity index is 1270. The van der Waals surface area contributed by atoms with Gasteiger partial charge in [0.25, 0.3) is 5.91 Å². The Morgan fingerprint density at radius 2 is 1.74 bits per heavy atom. The molecule has 3 atom stereocenters. The number of rotatable bonds is 5. The maximum absolute atomic E-state index is 15.6. The summed E-state index contributed by atoms with van der Waals surface area (Å²) in [5.41, 5.74) is 1.70. The fourth-order valence-corrected chi connectivity index (χ4v) is 7.16. The van der Waals surface area contributed by atoms with Crippen LogP contribution in [0.5, 0.6) is 0 Å². The van der Waals surface area contributed by atoms with Crippen LogP contribution < -0.4 is 5.32 Å². The van der Waals surface area contributed by atoms with E-state index >= 15 is 4.39 Å². The number of ether oxygens (including phenoxy) is 2. The average Bonchev–Trinajstić information content (AvgIpc) is 3.25. The van der Waals surface area contributed by atoms with Crippen molar-refractivity contribution in [2.24, 2.45) is 0 Å². The van der Waals surface area contributed by atoms with Crippen LogP contribution in [0.2, 0.25) is 0 Å². The number of fused-ring (bicyclic) bond motifs is 1. The summed E-state index contributed by atoms with van der Waals surface area (Å²) < 4.78 is 27.4. The number of halogens is 1. The minimum absolute atomic E-state index is 0.137. The predicted octanol–water partition coefficient (Wildman–Crippen LogP) is 3.52. The molecule has 1 aliphatic carbocycles. The first-order valence-corrected chi connectivity index (χ1v) is 15.7. The summed E-state index contributed by atoms with van der Waals surface area (Å²) in [6.45, 7) is 8.37. The van der Waals surface area contributed by atoms with Gasteiger partial charge in [0.1, 0.15) is 17.8 Å². The van der Waals surface area contributed by atoms with Gasteiger partial charge in [0.15, 0.2) is 0 Å². The van der Waals surface area contributed by atoms with Crippen LogP contribution in [0.3, 0.4) is 0 Å². The molecule has 4 fully saturated rings. The van der Waals surface area contributed by atoms with E-state index < -0.39 is 23.7 Å². The molecule has 0 bridgehead atoms. The van der Waals surface area contributed by atoms with E-state index in [-0.39, 0.29) is 42.5 Å². The minimum atomic E-state index is -1.04. The number of imide groups is 1. The summed E-state index contributed by atoms with van der Waals surface area (Å²) in [6, 6.07) is 5.29. The third-order valence-electron chi connectivity index (χ3n) is 9.62. The molecule has 4 heterocycles. The van der Waals surface area contributed by atoms with Crippen LogP contribution in [0.25, 0.3) is 0 Å². The van der Waals surface area contributed by atoms with Crippen LogP contribution in [0.1, 0.15) is 93.1 Å². The summed E-state index contributed by atoms with van der Waals surface area (Å²) >= 11 is 0. The van der Waals surface area contributed by atoms with Crippen LogP contribution in [0, 0.1) is 0 Å². The largest absolute Gasteiger partial charge is 0.444 e. The molecule has 1 aromatic rings. The zero-order chi connectivity index (χ0) is 30.5. The summed E-state index contributed by atoms with van der Waals surface area (Å²) in [4.78, 5) is 55.0. The van der Waals surface area contributed by atoms with E-state index in [1.165, 1.54) is 4.90 Å². The van der Waals surface area contributed by atoms with Gasteiger partial charge in [0, 0.05) is 50.1 Å². The Hall–Kier alpha value is -3.05. The maximum Gasteiger partial charge on any atom is 0.410 e. The van der Waals surface area contributed by atoms with Gasteiger partial charge in [0.05, 0.1) is 12.2 Å². The molecule has 4 aliphatic heterocycles. The molecular weight excluding hydrogens is 555 g/mol. The lowest BCUT2D eigenvalue weighted by atomic mass is 9.82. The Morgan fingerprint density at radius 3 is 2.42 bits per heavy atom. The van der Waals surface area contributed by atoms with Gasteiger partial charge in [-0.05, 0) is 83.0 Å². The van der Waals surface area contributed by atoms with Crippen LogP contribution in [-0.4, -0.2) is 101 Å². The van der Waals surface area contributed by atoms with E-state index in [4.69, 9.17) is 9.47 Å². The highest BCUT2D eigenvalue weighted by molar-refractivity contribution is 6.05. The molecule has 6 rings (SSSR count). The number of benzene rings is 1. The molecule has 1 aromatic carbocycles. The van der Waals surface area contributed by atoms with Gasteiger partial charge in [0.2, 0.25) is 11.8 Å². The third kappa shape index (κ3) is 6.43. The number of carbonyl (C=O) groups excluding carboxylic acids is 4. The summed E-state index contributed by atoms with van der Waals surface area (Å²) in [5.74, 6) is -1.24. The Balaban J connectivity index is 0.959. The number of nitrogens with zero attached hydrogens (tertiary/aromatic N) is 3. The number of piperidine rings is 3. The average molecular weight is 599 g/mol. The highest BCUT2D eigenvalue weighted by atomic mass is 19.1. The van der Waals surface area contributed by atoms with Crippen LogP contribution >= 0.6 is 0 Å². The number of alkyl halides is 1. The zero-order valence-corrected chi connectivity index (χ0v) is 25.4. The van der Waals surface area contributed by atoms with Crippen molar-refractivity contribution in [1.29, 1.82) is 0 Å². The van der Waals surface area contributed by atoms with Crippen LogP contribution in [-0.2, 0) is 25.6 Å². The number of hydrogen-bond donors (Lipinski definition) is 1. The number of hydrogen-bond acceptors (Lipinski definition) is 7. The molecular formula is C32H43FN4O6. The quantitative estimate of drug-likeness (QED) is 0.517. The normalized spacial score (nSPS) is 30.6. The van der Waals surface area contributed by atoms with Gasteiger partial charge < -0.3 is 19.3 Å². The lowest BCUT2D eigenvalue weighted by Crippen LogP contribution is -2.54. The molecule has 10 nitrogen and oxygen atoms in total. The lowest BCUT2D eigenvalue weighted by Gasteiger charge is -2.47. The lowest BCUT2D eigenvalue weighted by molar-refractivity contribution is -0.136. The van der Waals surface area contributed by atoms with Gasteiger partial charge in [-0.15, -0.1) is 0 Å². The molecule has 1 N–H and O–H groups in total. The first kappa shape index (κ1) is 30.0. The number of nitrogens with one attached hydrogen (secondary N) is 1. The second-order valence-electron chi connectivity index (χ2n) is 13.8. The van der Waals surface area contributed by atoms with Gasteiger partial charge in [-0.3, -0.25) is 24.6 Å². The van der Waals surface area contributed by atoms with Crippen LogP contribution in [0.15, 0.2) is 18.2 Å². The Morgan fingerprint density at radius 1 is 1.00 bits per heavy atom. The first-order valence-electron chi connectivity index (χ1n) is 15.7. The van der Waals surface area contributed by atoms with E-state index in [0.717, 1.165) is 43.4 Å². The van der Waals surface area contributed by atoms with Gasteiger partial charge >= 0.3 is 6.09 Å². The summed E-state index contributed by atoms with van der Waals surface area (Å²) in [7, 11) is 0. The van der Waals surface area contributed by atoms with Crippen molar-refractivity contribution in [3.05, 3.63) is 34.9 Å². The molecule has 11 heteroatoms. The monoisotopic (exact) mass is 598 g/mol. The van der Waals surface area contributed by atoms with Crippen molar-refractivity contribution >= 4 is 23.8 Å². The van der Waals surface area contributed by atoms with Crippen molar-refractivity contribution in [3.8, 4) is 0 Å². The third-order valence-corrected chi connectivity index (χ3v) is 9.62. The van der Waals surface area contributed by atoms with Gasteiger partial charge in [-0.2, -0.15) is 0 Å². The van der Waals surface area contributed by atoms with Crippen molar-refractivity contribution in [2.45, 2.75) is 114 Å². The highest BCUT2D eigenvalue weighted by Gasteiger charge is 2.42. The highest BCUT2D eigenvalue weighted by Crippen LogP contribution is 2.38. The van der Waals surface area contributed by atoms with Gasteiger partial charge in [-0.25, -0.2) is 9.18 Å². The van der Waals surface area contributed by atoms with Crippen molar-refractivity contribution < 1.29 is 33.0 Å².